The Morgan fingerprint density at radius 2 is 1.67 bits per heavy atom. The van der Waals surface area contributed by atoms with E-state index in [2.05, 4.69) is 0 Å². The molecule has 7 nitrogen and oxygen atoms in total. The van der Waals surface area contributed by atoms with Crippen molar-refractivity contribution < 1.29 is 28.6 Å². The molecule has 33 heavy (non-hydrogen) atoms. The average Bonchev–Trinajstić information content (AvgIpc) is 3.38. The molecule has 2 amide bonds. The average molecular weight is 445 g/mol. The van der Waals surface area contributed by atoms with Gasteiger partial charge in [0.05, 0.1) is 31.5 Å². The van der Waals surface area contributed by atoms with Gasteiger partial charge in [0.1, 0.15) is 5.92 Å². The van der Waals surface area contributed by atoms with Crippen molar-refractivity contribution in [3.05, 3.63) is 71.8 Å². The number of amides is 2. The van der Waals surface area contributed by atoms with E-state index in [9.17, 15) is 14.4 Å². The minimum absolute atomic E-state index is 0.208. The number of benzene rings is 3. The van der Waals surface area contributed by atoms with Crippen LogP contribution in [0.25, 0.3) is 21.9 Å². The molecule has 0 spiro atoms. The summed E-state index contributed by atoms with van der Waals surface area (Å²) in [6, 6.07) is 18.9. The number of imide groups is 1. The monoisotopic (exact) mass is 445 g/mol. The molecule has 2 aliphatic rings. The zero-order valence-corrected chi connectivity index (χ0v) is 18.4. The van der Waals surface area contributed by atoms with Gasteiger partial charge in [-0.3, -0.25) is 19.3 Å². The van der Waals surface area contributed by atoms with E-state index in [0.29, 0.717) is 29.9 Å². The maximum atomic E-state index is 13.7. The lowest BCUT2D eigenvalue weighted by atomic mass is 9.90. The van der Waals surface area contributed by atoms with E-state index in [1.54, 1.807) is 13.0 Å². The Kier molecular flexibility index (Phi) is 5.23. The standard InChI is InChI=1S/C26H23NO6/c1-26(32-12-13-33-26)20(25(30)31-2)15-27-23(28)19-14-17-10-6-7-11-18(17)21(22(19)24(27)29)16-8-4-3-5-9-16/h3-11,14,20H,12-13,15H2,1-2H3. The van der Waals surface area contributed by atoms with E-state index in [4.69, 9.17) is 14.2 Å². The molecule has 0 bridgehead atoms. The van der Waals surface area contributed by atoms with E-state index in [-0.39, 0.29) is 6.54 Å². The van der Waals surface area contributed by atoms with Crippen LogP contribution in [0, 0.1) is 5.92 Å². The number of ether oxygens (including phenoxy) is 3. The molecule has 0 aliphatic carbocycles. The lowest BCUT2D eigenvalue weighted by Crippen LogP contribution is -2.49. The summed E-state index contributed by atoms with van der Waals surface area (Å²) in [5.74, 6) is -3.77. The first-order chi connectivity index (χ1) is 15.9. The lowest BCUT2D eigenvalue weighted by Gasteiger charge is -2.32. The van der Waals surface area contributed by atoms with Crippen molar-refractivity contribution in [2.45, 2.75) is 12.7 Å². The van der Waals surface area contributed by atoms with Crippen LogP contribution in [0.2, 0.25) is 0 Å². The van der Waals surface area contributed by atoms with Crippen LogP contribution in [0.15, 0.2) is 60.7 Å². The summed E-state index contributed by atoms with van der Waals surface area (Å²) in [7, 11) is 1.26. The Balaban J connectivity index is 1.63. The Bertz CT molecular complexity index is 1260. The summed E-state index contributed by atoms with van der Waals surface area (Å²) in [5, 5.41) is 1.74. The highest BCUT2D eigenvalue weighted by Gasteiger charge is 2.49. The predicted molar refractivity (Wildman–Crippen MR) is 121 cm³/mol. The largest absolute Gasteiger partial charge is 0.469 e. The quantitative estimate of drug-likeness (QED) is 0.440. The Hall–Kier alpha value is -3.55. The molecule has 2 aliphatic heterocycles. The first-order valence-electron chi connectivity index (χ1n) is 10.8. The van der Waals surface area contributed by atoms with Crippen molar-refractivity contribution in [1.29, 1.82) is 0 Å². The molecule has 7 heteroatoms. The summed E-state index contributed by atoms with van der Waals surface area (Å²) in [6.45, 7) is 2.05. The third-order valence-corrected chi connectivity index (χ3v) is 6.39. The summed E-state index contributed by atoms with van der Waals surface area (Å²) in [4.78, 5) is 40.9. The van der Waals surface area contributed by atoms with Gasteiger partial charge in [0.2, 0.25) is 0 Å². The maximum absolute atomic E-state index is 13.7. The molecule has 2 heterocycles. The SMILES string of the molecule is COC(=O)C(CN1C(=O)c2cc3ccccc3c(-c3ccccc3)c2C1=O)C1(C)OCCO1. The third-order valence-electron chi connectivity index (χ3n) is 6.39. The van der Waals surface area contributed by atoms with Gasteiger partial charge in [0.15, 0.2) is 5.79 Å². The van der Waals surface area contributed by atoms with Crippen molar-refractivity contribution in [2.75, 3.05) is 26.9 Å². The maximum Gasteiger partial charge on any atom is 0.315 e. The summed E-state index contributed by atoms with van der Waals surface area (Å²) in [5.41, 5.74) is 2.21. The van der Waals surface area contributed by atoms with Gasteiger partial charge in [-0.1, -0.05) is 54.6 Å². The summed E-state index contributed by atoms with van der Waals surface area (Å²) < 4.78 is 16.3. The smallest absolute Gasteiger partial charge is 0.315 e. The van der Waals surface area contributed by atoms with Gasteiger partial charge in [-0.25, -0.2) is 0 Å². The number of fused-ring (bicyclic) bond motifs is 2. The van der Waals surface area contributed by atoms with Gasteiger partial charge in [-0.05, 0) is 29.3 Å². The minimum Gasteiger partial charge on any atom is -0.469 e. The van der Waals surface area contributed by atoms with Crippen LogP contribution in [-0.2, 0) is 19.0 Å². The number of rotatable bonds is 5. The molecule has 0 N–H and O–H groups in total. The number of hydrogen-bond donors (Lipinski definition) is 0. The lowest BCUT2D eigenvalue weighted by molar-refractivity contribution is -0.199. The molecule has 1 saturated heterocycles. The molecule has 0 aromatic heterocycles. The Morgan fingerprint density at radius 1 is 1.00 bits per heavy atom. The van der Waals surface area contributed by atoms with Crippen LogP contribution >= 0.6 is 0 Å². The van der Waals surface area contributed by atoms with E-state index >= 15 is 0 Å². The number of carbonyl (C=O) groups excluding carboxylic acids is 3. The summed E-state index contributed by atoms with van der Waals surface area (Å²) in [6.07, 6.45) is 0. The molecule has 3 aromatic carbocycles. The molecule has 0 saturated carbocycles. The zero-order valence-electron chi connectivity index (χ0n) is 18.4. The molecule has 1 atom stereocenters. The van der Waals surface area contributed by atoms with Gasteiger partial charge in [-0.2, -0.15) is 0 Å². The molecule has 0 radical (unpaired) electrons. The van der Waals surface area contributed by atoms with Gasteiger partial charge < -0.3 is 14.2 Å². The second kappa shape index (κ2) is 8.10. The van der Waals surface area contributed by atoms with Crippen molar-refractivity contribution in [3.63, 3.8) is 0 Å². The number of hydrogen-bond acceptors (Lipinski definition) is 6. The molecule has 3 aromatic rings. The Morgan fingerprint density at radius 3 is 2.36 bits per heavy atom. The fraction of sp³-hybridized carbons (Fsp3) is 0.269. The minimum atomic E-state index is -1.28. The summed E-state index contributed by atoms with van der Waals surface area (Å²) >= 11 is 0. The number of esters is 1. The molecular formula is C26H23NO6. The molecule has 5 rings (SSSR count). The highest BCUT2D eigenvalue weighted by molar-refractivity contribution is 6.27. The van der Waals surface area contributed by atoms with Crippen LogP contribution in [0.4, 0.5) is 0 Å². The normalized spacial score (nSPS) is 17.9. The van der Waals surface area contributed by atoms with Gasteiger partial charge in [0, 0.05) is 12.1 Å². The number of methoxy groups -OCH3 is 1. The number of nitrogens with zero attached hydrogens (tertiary/aromatic N) is 1. The van der Waals surface area contributed by atoms with Gasteiger partial charge in [0.25, 0.3) is 11.8 Å². The molecule has 1 unspecified atom stereocenters. The van der Waals surface area contributed by atoms with Gasteiger partial charge >= 0.3 is 5.97 Å². The van der Waals surface area contributed by atoms with Crippen LogP contribution in [0.3, 0.4) is 0 Å². The predicted octanol–water partition coefficient (Wildman–Crippen LogP) is 3.66. The van der Waals surface area contributed by atoms with Crippen LogP contribution in [0.5, 0.6) is 0 Å². The first kappa shape index (κ1) is 21.3. The van der Waals surface area contributed by atoms with E-state index in [1.807, 2.05) is 54.6 Å². The second-order valence-corrected chi connectivity index (χ2v) is 8.27. The van der Waals surface area contributed by atoms with E-state index < -0.39 is 29.5 Å². The molecular weight excluding hydrogens is 422 g/mol. The third kappa shape index (κ3) is 3.41. The van der Waals surface area contributed by atoms with Crippen molar-refractivity contribution >= 4 is 28.6 Å². The molecule has 168 valence electrons. The first-order valence-corrected chi connectivity index (χ1v) is 10.8. The Labute approximate surface area is 190 Å². The van der Waals surface area contributed by atoms with Crippen LogP contribution < -0.4 is 0 Å². The number of carbonyl (C=O) groups is 3. The fourth-order valence-electron chi connectivity index (χ4n) is 4.69. The van der Waals surface area contributed by atoms with Crippen LogP contribution in [-0.4, -0.2) is 55.3 Å². The van der Waals surface area contributed by atoms with E-state index in [1.165, 1.54) is 7.11 Å². The van der Waals surface area contributed by atoms with Gasteiger partial charge in [-0.15, -0.1) is 0 Å². The highest BCUT2D eigenvalue weighted by Crippen LogP contribution is 2.40. The fourth-order valence-corrected chi connectivity index (χ4v) is 4.69. The molecule has 1 fully saturated rings. The van der Waals surface area contributed by atoms with Crippen molar-refractivity contribution in [3.8, 4) is 11.1 Å². The highest BCUT2D eigenvalue weighted by atomic mass is 16.7. The van der Waals surface area contributed by atoms with Crippen molar-refractivity contribution in [1.82, 2.24) is 4.90 Å². The zero-order chi connectivity index (χ0) is 23.2. The topological polar surface area (TPSA) is 82.1 Å². The van der Waals surface area contributed by atoms with Crippen LogP contribution in [0.1, 0.15) is 27.6 Å². The van der Waals surface area contributed by atoms with Crippen molar-refractivity contribution in [2.24, 2.45) is 5.92 Å². The second-order valence-electron chi connectivity index (χ2n) is 8.27. The van der Waals surface area contributed by atoms with E-state index in [0.717, 1.165) is 21.2 Å².